The first-order chi connectivity index (χ1) is 23.1. The molecule has 2 aliphatic rings. The summed E-state index contributed by atoms with van der Waals surface area (Å²) >= 11 is 0. The zero-order valence-electron chi connectivity index (χ0n) is 31.9. The molecular formula is C44H80N2O. The van der Waals surface area contributed by atoms with E-state index in [-0.39, 0.29) is 6.03 Å². The van der Waals surface area contributed by atoms with Gasteiger partial charge >= 0.3 is 6.03 Å². The smallest absolute Gasteiger partial charge is 0.314 e. The summed E-state index contributed by atoms with van der Waals surface area (Å²) in [5, 5.41) is 0. The number of carbonyl (C=O) groups is 1. The van der Waals surface area contributed by atoms with Gasteiger partial charge in [0.1, 0.15) is 0 Å². The van der Waals surface area contributed by atoms with Gasteiger partial charge < -0.3 is 10.6 Å². The molecule has 0 radical (unpaired) electrons. The van der Waals surface area contributed by atoms with Crippen LogP contribution in [0.2, 0.25) is 0 Å². The minimum absolute atomic E-state index is 0.234. The monoisotopic (exact) mass is 653 g/mol. The van der Waals surface area contributed by atoms with Crippen molar-refractivity contribution in [2.45, 2.75) is 225 Å². The normalized spacial score (nSPS) is 16.4. The lowest BCUT2D eigenvalue weighted by molar-refractivity contribution is 0.197. The zero-order valence-corrected chi connectivity index (χ0v) is 31.9. The van der Waals surface area contributed by atoms with Crippen LogP contribution >= 0.6 is 0 Å². The number of fused-ring (bicyclic) bond motifs is 6. The molecule has 2 N–H and O–H groups in total. The number of carbonyl (C=O) groups excluding carboxylic acids is 1. The molecule has 0 saturated heterocycles. The van der Waals surface area contributed by atoms with Gasteiger partial charge in [-0.2, -0.15) is 0 Å². The van der Waals surface area contributed by atoms with Crippen LogP contribution in [0.4, 0.5) is 4.79 Å². The van der Waals surface area contributed by atoms with Crippen LogP contribution in [0.3, 0.4) is 0 Å². The van der Waals surface area contributed by atoms with E-state index in [0.29, 0.717) is 11.8 Å². The minimum Gasteiger partial charge on any atom is -0.351 e. The lowest BCUT2D eigenvalue weighted by Crippen LogP contribution is -2.40. The minimum atomic E-state index is -0.234. The summed E-state index contributed by atoms with van der Waals surface area (Å²) in [6, 6.07) is 6.97. The number of primary amides is 1. The maximum absolute atomic E-state index is 12.6. The number of rotatable bonds is 30. The van der Waals surface area contributed by atoms with Gasteiger partial charge in [0.25, 0.3) is 0 Å². The largest absolute Gasteiger partial charge is 0.351 e. The highest BCUT2D eigenvalue weighted by Crippen LogP contribution is 2.34. The van der Waals surface area contributed by atoms with Gasteiger partial charge in [-0.3, -0.25) is 0 Å². The Morgan fingerprint density at radius 2 is 0.894 bits per heavy atom. The topological polar surface area (TPSA) is 46.3 Å². The number of benzene rings is 1. The summed E-state index contributed by atoms with van der Waals surface area (Å²) in [6.45, 7) is 8.44. The van der Waals surface area contributed by atoms with Gasteiger partial charge in [-0.15, -0.1) is 0 Å². The van der Waals surface area contributed by atoms with Crippen molar-refractivity contribution in [2.75, 3.05) is 13.1 Å². The second kappa shape index (κ2) is 28.3. The maximum atomic E-state index is 12.6. The Kier molecular flexibility index (Phi) is 25.1. The van der Waals surface area contributed by atoms with E-state index < -0.39 is 0 Å². The third kappa shape index (κ3) is 19.9. The van der Waals surface area contributed by atoms with E-state index in [0.717, 1.165) is 25.9 Å². The average Bonchev–Trinajstić information content (AvgIpc) is 3.16. The van der Waals surface area contributed by atoms with Crippen LogP contribution in [0.5, 0.6) is 0 Å². The van der Waals surface area contributed by atoms with Gasteiger partial charge in [0.2, 0.25) is 0 Å². The number of nitrogens with zero attached hydrogens (tertiary/aromatic N) is 1. The van der Waals surface area contributed by atoms with Gasteiger partial charge in [-0.25, -0.2) is 4.79 Å². The van der Waals surface area contributed by atoms with Crippen LogP contribution in [0.15, 0.2) is 18.2 Å². The van der Waals surface area contributed by atoms with Crippen molar-refractivity contribution in [1.82, 2.24) is 4.90 Å². The molecule has 2 heterocycles. The molecule has 0 spiro atoms. The lowest BCUT2D eigenvalue weighted by atomic mass is 9.87. The van der Waals surface area contributed by atoms with Gasteiger partial charge in [0.05, 0.1) is 0 Å². The Morgan fingerprint density at radius 3 is 1.26 bits per heavy atom. The molecule has 2 bridgehead atoms. The molecule has 3 rings (SSSR count). The van der Waals surface area contributed by atoms with Gasteiger partial charge in [0.15, 0.2) is 0 Å². The van der Waals surface area contributed by atoms with Crippen molar-refractivity contribution >= 4 is 6.03 Å². The van der Waals surface area contributed by atoms with E-state index >= 15 is 0 Å². The second-order valence-corrected chi connectivity index (χ2v) is 15.5. The molecule has 47 heavy (non-hydrogen) atoms. The SMILES string of the molecule is CCCCCCCCCCCCCCCCC1CN(C(N)=O)CC(CCCCCCCCCCCCCCCC)c2ccc1cc2C. The summed E-state index contributed by atoms with van der Waals surface area (Å²) in [5.41, 5.74) is 10.3. The van der Waals surface area contributed by atoms with Crippen molar-refractivity contribution in [1.29, 1.82) is 0 Å². The Bertz CT molecular complexity index is 882. The molecule has 0 fully saturated rings. The van der Waals surface area contributed by atoms with E-state index in [1.54, 1.807) is 0 Å². The molecule has 0 aromatic heterocycles. The molecule has 0 saturated carbocycles. The molecular weight excluding hydrogens is 572 g/mol. The standard InChI is InChI=1S/C44H80N2O/c1-4-6-8-10-12-14-16-18-20-22-24-26-28-30-32-41-37-46(44(45)47)38-42(43-35-34-40(41)36-39(43)3)33-31-29-27-25-23-21-19-17-15-13-11-9-7-5-2/h34-36,41-42H,4-33,37-38H2,1-3H3,(H2,45,47). The fourth-order valence-electron chi connectivity index (χ4n) is 8.08. The van der Waals surface area contributed by atoms with Crippen molar-refractivity contribution in [3.8, 4) is 0 Å². The van der Waals surface area contributed by atoms with Gasteiger partial charge in [-0.05, 0) is 36.5 Å². The number of aryl methyl sites for hydroxylation is 1. The highest BCUT2D eigenvalue weighted by atomic mass is 16.2. The predicted molar refractivity (Wildman–Crippen MR) is 208 cm³/mol. The van der Waals surface area contributed by atoms with Crippen molar-refractivity contribution < 1.29 is 4.79 Å². The Balaban J connectivity index is 1.63. The lowest BCUT2D eigenvalue weighted by Gasteiger charge is -2.28. The summed E-state index contributed by atoms with van der Waals surface area (Å²) in [6.07, 6.45) is 41.3. The van der Waals surface area contributed by atoms with Crippen LogP contribution in [0.25, 0.3) is 0 Å². The van der Waals surface area contributed by atoms with Crippen molar-refractivity contribution in [3.63, 3.8) is 0 Å². The summed E-state index contributed by atoms with van der Waals surface area (Å²) < 4.78 is 0. The van der Waals surface area contributed by atoms with Crippen molar-refractivity contribution in [2.24, 2.45) is 5.73 Å². The fourth-order valence-corrected chi connectivity index (χ4v) is 8.08. The number of unbranched alkanes of at least 4 members (excludes halogenated alkanes) is 26. The molecule has 2 unspecified atom stereocenters. The molecule has 3 heteroatoms. The van der Waals surface area contributed by atoms with Gasteiger partial charge in [0, 0.05) is 24.9 Å². The first kappa shape index (κ1) is 41.7. The van der Waals surface area contributed by atoms with Crippen molar-refractivity contribution in [3.05, 3.63) is 34.9 Å². The zero-order chi connectivity index (χ0) is 33.8. The highest BCUT2D eigenvalue weighted by molar-refractivity contribution is 5.72. The number of urea groups is 1. The number of nitrogens with two attached hydrogens (primary N) is 1. The van der Waals surface area contributed by atoms with Gasteiger partial charge in [-0.1, -0.05) is 212 Å². The predicted octanol–water partition coefficient (Wildman–Crippen LogP) is 14.3. The Labute approximate surface area is 294 Å². The Morgan fingerprint density at radius 1 is 0.553 bits per heavy atom. The van der Waals surface area contributed by atoms with E-state index in [4.69, 9.17) is 5.73 Å². The van der Waals surface area contributed by atoms with Crippen LogP contribution < -0.4 is 5.73 Å². The van der Waals surface area contributed by atoms with E-state index in [9.17, 15) is 4.79 Å². The number of amides is 2. The van der Waals surface area contributed by atoms with Crippen LogP contribution in [-0.4, -0.2) is 24.0 Å². The molecule has 272 valence electrons. The van der Waals surface area contributed by atoms with Crippen LogP contribution in [-0.2, 0) is 0 Å². The fraction of sp³-hybridized carbons (Fsp3) is 0.841. The van der Waals surface area contributed by atoms with E-state index in [2.05, 4.69) is 39.0 Å². The Hall–Kier alpha value is -1.51. The third-order valence-corrected chi connectivity index (χ3v) is 11.2. The summed E-state index contributed by atoms with van der Waals surface area (Å²) in [7, 11) is 0. The average molecular weight is 653 g/mol. The van der Waals surface area contributed by atoms with E-state index in [1.807, 2.05) is 4.90 Å². The maximum Gasteiger partial charge on any atom is 0.314 e. The van der Waals surface area contributed by atoms with Crippen LogP contribution in [0, 0.1) is 6.92 Å². The number of hydrogen-bond acceptors (Lipinski definition) is 1. The quantitative estimate of drug-likeness (QED) is 0.0826. The second-order valence-electron chi connectivity index (χ2n) is 15.5. The summed E-state index contributed by atoms with van der Waals surface area (Å²) in [4.78, 5) is 14.6. The third-order valence-electron chi connectivity index (χ3n) is 11.2. The highest BCUT2D eigenvalue weighted by Gasteiger charge is 2.26. The number of hydrogen-bond donors (Lipinski definition) is 1. The summed E-state index contributed by atoms with van der Waals surface area (Å²) in [5.74, 6) is 0.793. The van der Waals surface area contributed by atoms with Crippen LogP contribution in [0.1, 0.15) is 235 Å². The molecule has 1 aromatic rings. The molecule has 2 atom stereocenters. The molecule has 3 nitrogen and oxygen atoms in total. The molecule has 2 aliphatic heterocycles. The molecule has 1 aromatic carbocycles. The first-order valence-electron chi connectivity index (χ1n) is 21.2. The van der Waals surface area contributed by atoms with E-state index in [1.165, 1.54) is 196 Å². The first-order valence-corrected chi connectivity index (χ1v) is 21.2. The molecule has 2 amide bonds. The molecule has 0 aliphatic carbocycles.